The lowest BCUT2D eigenvalue weighted by Crippen LogP contribution is -1.89. The molecule has 3 nitrogen and oxygen atoms in total. The second-order valence-electron chi connectivity index (χ2n) is 4.88. The minimum absolute atomic E-state index is 0.449. The van der Waals surface area contributed by atoms with E-state index in [0.29, 0.717) is 15.9 Å². The summed E-state index contributed by atoms with van der Waals surface area (Å²) in [5.41, 5.74) is 10.7. The fourth-order valence-corrected chi connectivity index (χ4v) is 2.77. The largest absolute Gasteiger partial charge is 0.382 e. The zero-order valence-electron chi connectivity index (χ0n) is 11.3. The Bertz CT molecular complexity index is 772. The Hall–Kier alpha value is -1.97. The molecule has 0 aliphatic rings. The van der Waals surface area contributed by atoms with E-state index in [1.54, 1.807) is 0 Å². The first kappa shape index (κ1) is 14.0. The number of aryl methyl sites for hydroxylation is 1. The van der Waals surface area contributed by atoms with Gasteiger partial charge in [0.05, 0.1) is 11.3 Å². The van der Waals surface area contributed by atoms with E-state index in [1.165, 1.54) is 0 Å². The Balaban J connectivity index is 2.19. The number of nitrogen functional groups attached to an aromatic ring is 1. The molecule has 106 valence electrons. The van der Waals surface area contributed by atoms with Crippen LogP contribution in [-0.4, -0.2) is 10.2 Å². The second-order valence-corrected chi connectivity index (χ2v) is 5.76. The molecule has 3 N–H and O–H groups in total. The Morgan fingerprint density at radius 3 is 2.33 bits per heavy atom. The summed E-state index contributed by atoms with van der Waals surface area (Å²) in [5.74, 6) is 0.449. The Morgan fingerprint density at radius 1 is 0.952 bits per heavy atom. The molecule has 0 bridgehead atoms. The van der Waals surface area contributed by atoms with Crippen molar-refractivity contribution in [2.75, 3.05) is 5.73 Å². The molecule has 5 heteroatoms. The third kappa shape index (κ3) is 2.75. The van der Waals surface area contributed by atoms with Gasteiger partial charge in [-0.2, -0.15) is 5.10 Å². The summed E-state index contributed by atoms with van der Waals surface area (Å²) in [6.07, 6.45) is 0. The van der Waals surface area contributed by atoms with Gasteiger partial charge in [-0.3, -0.25) is 5.10 Å². The molecular weight excluding hydrogens is 305 g/mol. The Morgan fingerprint density at radius 2 is 1.67 bits per heavy atom. The summed E-state index contributed by atoms with van der Waals surface area (Å²) in [7, 11) is 0. The van der Waals surface area contributed by atoms with E-state index in [1.807, 2.05) is 49.4 Å². The summed E-state index contributed by atoms with van der Waals surface area (Å²) in [6, 6.07) is 13.3. The predicted octanol–water partition coefficient (Wildman–Crippen LogP) is 4.94. The Labute approximate surface area is 132 Å². The molecular formula is C16H13Cl2N3. The van der Waals surface area contributed by atoms with Crippen molar-refractivity contribution >= 4 is 29.0 Å². The van der Waals surface area contributed by atoms with Crippen molar-refractivity contribution in [2.45, 2.75) is 6.92 Å². The van der Waals surface area contributed by atoms with Gasteiger partial charge in [0.2, 0.25) is 0 Å². The van der Waals surface area contributed by atoms with Crippen molar-refractivity contribution in [1.29, 1.82) is 0 Å². The molecule has 0 atom stereocenters. The third-order valence-corrected chi connectivity index (χ3v) is 3.73. The van der Waals surface area contributed by atoms with Crippen molar-refractivity contribution in [3.8, 4) is 22.4 Å². The summed E-state index contributed by atoms with van der Waals surface area (Å²) in [6.45, 7) is 2.00. The first-order chi connectivity index (χ1) is 10.0. The standard InChI is InChI=1S/C16H13Cl2N3/c1-9-6-11(8-13(18)7-9)15-14(16(19)21-20-15)10-2-4-12(17)5-3-10/h2-8H,1H3,(H3,19,20,21). The number of H-pyrrole nitrogens is 1. The highest BCUT2D eigenvalue weighted by Gasteiger charge is 2.15. The molecule has 3 aromatic rings. The number of hydrogen-bond donors (Lipinski definition) is 2. The summed E-state index contributed by atoms with van der Waals surface area (Å²) >= 11 is 12.1. The number of aromatic amines is 1. The normalized spacial score (nSPS) is 10.8. The molecule has 21 heavy (non-hydrogen) atoms. The number of rotatable bonds is 2. The van der Waals surface area contributed by atoms with Crippen LogP contribution < -0.4 is 5.73 Å². The number of anilines is 1. The molecule has 0 fully saturated rings. The number of hydrogen-bond acceptors (Lipinski definition) is 2. The highest BCUT2D eigenvalue weighted by molar-refractivity contribution is 6.31. The lowest BCUT2D eigenvalue weighted by Gasteiger charge is -2.07. The van der Waals surface area contributed by atoms with Gasteiger partial charge >= 0.3 is 0 Å². The highest BCUT2D eigenvalue weighted by Crippen LogP contribution is 2.36. The van der Waals surface area contributed by atoms with Crippen molar-refractivity contribution in [3.63, 3.8) is 0 Å². The molecule has 0 aliphatic carbocycles. The van der Waals surface area contributed by atoms with E-state index >= 15 is 0 Å². The van der Waals surface area contributed by atoms with Crippen LogP contribution in [0.25, 0.3) is 22.4 Å². The Kier molecular flexibility index (Phi) is 3.62. The SMILES string of the molecule is Cc1cc(Cl)cc(-c2[nH]nc(N)c2-c2ccc(Cl)cc2)c1. The van der Waals surface area contributed by atoms with Gasteiger partial charge in [-0.1, -0.05) is 35.3 Å². The van der Waals surface area contributed by atoms with Crippen LogP contribution in [0.3, 0.4) is 0 Å². The third-order valence-electron chi connectivity index (χ3n) is 3.26. The van der Waals surface area contributed by atoms with Crippen LogP contribution >= 0.6 is 23.2 Å². The molecule has 0 saturated carbocycles. The molecule has 0 saturated heterocycles. The lowest BCUT2D eigenvalue weighted by atomic mass is 10.00. The molecule has 1 aromatic heterocycles. The minimum Gasteiger partial charge on any atom is -0.382 e. The van der Waals surface area contributed by atoms with E-state index < -0.39 is 0 Å². The van der Waals surface area contributed by atoms with Gasteiger partial charge in [-0.25, -0.2) is 0 Å². The minimum atomic E-state index is 0.449. The molecule has 3 rings (SSSR count). The summed E-state index contributed by atoms with van der Waals surface area (Å²) in [5, 5.41) is 8.48. The number of benzene rings is 2. The van der Waals surface area contributed by atoms with E-state index in [9.17, 15) is 0 Å². The van der Waals surface area contributed by atoms with E-state index in [4.69, 9.17) is 28.9 Å². The predicted molar refractivity (Wildman–Crippen MR) is 88.6 cm³/mol. The van der Waals surface area contributed by atoms with Gasteiger partial charge in [-0.05, 0) is 48.4 Å². The molecule has 0 spiro atoms. The molecule has 0 aliphatic heterocycles. The van der Waals surface area contributed by atoms with Gasteiger partial charge < -0.3 is 5.73 Å². The van der Waals surface area contributed by atoms with Crippen molar-refractivity contribution in [3.05, 3.63) is 58.1 Å². The topological polar surface area (TPSA) is 54.7 Å². The first-order valence-electron chi connectivity index (χ1n) is 6.42. The van der Waals surface area contributed by atoms with Crippen LogP contribution in [0, 0.1) is 6.92 Å². The quantitative estimate of drug-likeness (QED) is 0.703. The van der Waals surface area contributed by atoms with Crippen LogP contribution in [0.2, 0.25) is 10.0 Å². The lowest BCUT2D eigenvalue weighted by molar-refractivity contribution is 1.10. The average Bonchev–Trinajstić information content (AvgIpc) is 2.80. The van der Waals surface area contributed by atoms with Crippen LogP contribution in [0.15, 0.2) is 42.5 Å². The van der Waals surface area contributed by atoms with Crippen LogP contribution in [0.5, 0.6) is 0 Å². The molecule has 1 heterocycles. The molecule has 0 unspecified atom stereocenters. The van der Waals surface area contributed by atoms with Gasteiger partial charge in [0.15, 0.2) is 5.82 Å². The monoisotopic (exact) mass is 317 g/mol. The average molecular weight is 318 g/mol. The van der Waals surface area contributed by atoms with Gasteiger partial charge in [0.25, 0.3) is 0 Å². The van der Waals surface area contributed by atoms with Crippen LogP contribution in [-0.2, 0) is 0 Å². The maximum atomic E-state index is 6.14. The highest BCUT2D eigenvalue weighted by atomic mass is 35.5. The maximum absolute atomic E-state index is 6.14. The number of nitrogens with zero attached hydrogens (tertiary/aromatic N) is 1. The van der Waals surface area contributed by atoms with Crippen molar-refractivity contribution in [2.24, 2.45) is 0 Å². The number of halogens is 2. The fraction of sp³-hybridized carbons (Fsp3) is 0.0625. The molecule has 0 amide bonds. The maximum Gasteiger partial charge on any atom is 0.153 e. The fourth-order valence-electron chi connectivity index (χ4n) is 2.35. The van der Waals surface area contributed by atoms with Gasteiger partial charge in [0, 0.05) is 15.6 Å². The summed E-state index contributed by atoms with van der Waals surface area (Å²) < 4.78 is 0. The number of nitrogens with two attached hydrogens (primary N) is 1. The van der Waals surface area contributed by atoms with Crippen molar-refractivity contribution < 1.29 is 0 Å². The van der Waals surface area contributed by atoms with E-state index in [0.717, 1.165) is 27.9 Å². The number of nitrogens with one attached hydrogen (secondary N) is 1. The summed E-state index contributed by atoms with van der Waals surface area (Å²) in [4.78, 5) is 0. The smallest absolute Gasteiger partial charge is 0.153 e. The number of aromatic nitrogens is 2. The van der Waals surface area contributed by atoms with Crippen molar-refractivity contribution in [1.82, 2.24) is 10.2 Å². The van der Waals surface area contributed by atoms with Gasteiger partial charge in [-0.15, -0.1) is 0 Å². The molecule has 2 aromatic carbocycles. The van der Waals surface area contributed by atoms with E-state index in [-0.39, 0.29) is 0 Å². The zero-order chi connectivity index (χ0) is 15.0. The molecule has 0 radical (unpaired) electrons. The second kappa shape index (κ2) is 5.43. The van der Waals surface area contributed by atoms with E-state index in [2.05, 4.69) is 10.2 Å². The van der Waals surface area contributed by atoms with Crippen LogP contribution in [0.4, 0.5) is 5.82 Å². The first-order valence-corrected chi connectivity index (χ1v) is 7.17. The van der Waals surface area contributed by atoms with Crippen LogP contribution in [0.1, 0.15) is 5.56 Å². The zero-order valence-corrected chi connectivity index (χ0v) is 12.8. The van der Waals surface area contributed by atoms with Gasteiger partial charge in [0.1, 0.15) is 0 Å².